The Labute approximate surface area is 153 Å². The van der Waals surface area contributed by atoms with E-state index in [9.17, 15) is 9.90 Å². The van der Waals surface area contributed by atoms with Gasteiger partial charge in [0.15, 0.2) is 0 Å². The van der Waals surface area contributed by atoms with Crippen molar-refractivity contribution in [2.75, 3.05) is 11.1 Å². The zero-order valence-electron chi connectivity index (χ0n) is 13.5. The highest BCUT2D eigenvalue weighted by Crippen LogP contribution is 2.40. The molecule has 2 heterocycles. The van der Waals surface area contributed by atoms with Gasteiger partial charge in [0.1, 0.15) is 21.9 Å². The number of nitrogens with zero attached hydrogens (tertiary/aromatic N) is 2. The van der Waals surface area contributed by atoms with Gasteiger partial charge in [-0.25, -0.2) is 9.97 Å². The zero-order valence-corrected chi connectivity index (χ0v) is 15.1. The largest absolute Gasteiger partial charge is 0.508 e. The number of thiophene rings is 1. The number of thioether (sulfide) groups is 1. The predicted molar refractivity (Wildman–Crippen MR) is 102 cm³/mol. The first-order valence-corrected chi connectivity index (χ1v) is 9.98. The smallest absolute Gasteiger partial charge is 0.225 e. The number of carbonyl (C=O) groups excluding carboxylic acids is 1. The first-order valence-electron chi connectivity index (χ1n) is 8.17. The van der Waals surface area contributed by atoms with Crippen LogP contribution in [0.15, 0.2) is 35.6 Å². The number of aromatic nitrogens is 2. The van der Waals surface area contributed by atoms with E-state index in [4.69, 9.17) is 0 Å². The summed E-state index contributed by atoms with van der Waals surface area (Å²) in [4.78, 5) is 23.4. The van der Waals surface area contributed by atoms with Crippen molar-refractivity contribution in [3.05, 3.63) is 41.0 Å². The van der Waals surface area contributed by atoms with Gasteiger partial charge in [0.2, 0.25) is 5.91 Å². The van der Waals surface area contributed by atoms with Gasteiger partial charge in [-0.05, 0) is 49.1 Å². The number of hydrogen-bond donors (Lipinski definition) is 2. The summed E-state index contributed by atoms with van der Waals surface area (Å²) in [5, 5.41) is 14.3. The molecule has 7 heteroatoms. The lowest BCUT2D eigenvalue weighted by atomic mass is 10.2. The lowest BCUT2D eigenvalue weighted by molar-refractivity contribution is -0.115. The Morgan fingerprint density at radius 2 is 2.08 bits per heavy atom. The van der Waals surface area contributed by atoms with E-state index in [-0.39, 0.29) is 11.7 Å². The monoisotopic (exact) mass is 371 g/mol. The van der Waals surface area contributed by atoms with Crippen molar-refractivity contribution in [1.29, 1.82) is 0 Å². The van der Waals surface area contributed by atoms with Crippen molar-refractivity contribution in [3.63, 3.8) is 0 Å². The molecule has 5 nitrogen and oxygen atoms in total. The fourth-order valence-electron chi connectivity index (χ4n) is 3.02. The first kappa shape index (κ1) is 16.4. The maximum absolute atomic E-state index is 12.1. The minimum atomic E-state index is -0.0426. The molecule has 0 atom stereocenters. The number of phenols is 1. The van der Waals surface area contributed by atoms with Crippen molar-refractivity contribution in [2.45, 2.75) is 30.7 Å². The van der Waals surface area contributed by atoms with Gasteiger partial charge in [0.05, 0.1) is 0 Å². The molecule has 1 aliphatic rings. The Morgan fingerprint density at radius 1 is 1.24 bits per heavy atom. The highest BCUT2D eigenvalue weighted by Gasteiger charge is 2.21. The molecule has 0 fully saturated rings. The van der Waals surface area contributed by atoms with E-state index >= 15 is 0 Å². The number of phenolic OH excluding ortho intramolecular Hbond substituents is 1. The van der Waals surface area contributed by atoms with Crippen LogP contribution in [0.1, 0.15) is 23.3 Å². The normalized spacial score (nSPS) is 13.1. The topological polar surface area (TPSA) is 75.1 Å². The second-order valence-electron chi connectivity index (χ2n) is 5.91. The summed E-state index contributed by atoms with van der Waals surface area (Å²) in [5.41, 5.74) is 2.10. The number of nitrogens with one attached hydrogen (secondary N) is 1. The van der Waals surface area contributed by atoms with Crippen LogP contribution in [0.5, 0.6) is 5.75 Å². The summed E-state index contributed by atoms with van der Waals surface area (Å²) < 4.78 is 0. The minimum absolute atomic E-state index is 0.0426. The minimum Gasteiger partial charge on any atom is -0.508 e. The number of rotatable bonds is 5. The van der Waals surface area contributed by atoms with Gasteiger partial charge in [-0.2, -0.15) is 0 Å². The van der Waals surface area contributed by atoms with Gasteiger partial charge in [-0.3, -0.25) is 4.79 Å². The van der Waals surface area contributed by atoms with E-state index in [2.05, 4.69) is 15.3 Å². The van der Waals surface area contributed by atoms with Crippen LogP contribution in [0, 0.1) is 0 Å². The molecule has 0 aliphatic heterocycles. The van der Waals surface area contributed by atoms with Crippen molar-refractivity contribution in [3.8, 4) is 5.75 Å². The van der Waals surface area contributed by atoms with Gasteiger partial charge in [-0.1, -0.05) is 0 Å². The molecule has 0 saturated carbocycles. The molecule has 3 aromatic rings. The Balaban J connectivity index is 1.39. The van der Waals surface area contributed by atoms with Crippen LogP contribution in [0.25, 0.3) is 10.2 Å². The molecule has 25 heavy (non-hydrogen) atoms. The van der Waals surface area contributed by atoms with Crippen LogP contribution in [-0.2, 0) is 17.6 Å². The average Bonchev–Trinajstić information content (AvgIpc) is 3.18. The number of benzene rings is 1. The molecule has 1 aliphatic carbocycles. The van der Waals surface area contributed by atoms with E-state index in [1.165, 1.54) is 22.2 Å². The van der Waals surface area contributed by atoms with Gasteiger partial charge in [0.25, 0.3) is 0 Å². The van der Waals surface area contributed by atoms with E-state index in [1.54, 1.807) is 53.7 Å². The number of anilines is 1. The van der Waals surface area contributed by atoms with Crippen molar-refractivity contribution >= 4 is 44.9 Å². The van der Waals surface area contributed by atoms with Gasteiger partial charge < -0.3 is 10.4 Å². The molecule has 0 unspecified atom stereocenters. The number of fused-ring (bicyclic) bond motifs is 3. The number of aromatic hydroxyl groups is 1. The van der Waals surface area contributed by atoms with Crippen molar-refractivity contribution in [2.24, 2.45) is 0 Å². The number of amides is 1. The second kappa shape index (κ2) is 7.01. The molecule has 4 rings (SSSR count). The van der Waals surface area contributed by atoms with Crippen LogP contribution in [0.3, 0.4) is 0 Å². The molecule has 0 spiro atoms. The molecular formula is C18H17N3O2S2. The van der Waals surface area contributed by atoms with Gasteiger partial charge in [0, 0.05) is 28.1 Å². The fraction of sp³-hybridized carbons (Fsp3) is 0.278. The molecule has 2 N–H and O–H groups in total. The van der Waals surface area contributed by atoms with Crippen molar-refractivity contribution in [1.82, 2.24) is 9.97 Å². The maximum Gasteiger partial charge on any atom is 0.225 e. The number of hydrogen-bond acceptors (Lipinski definition) is 6. The average molecular weight is 371 g/mol. The Kier molecular flexibility index (Phi) is 4.59. The van der Waals surface area contributed by atoms with Crippen molar-refractivity contribution < 1.29 is 9.90 Å². The number of aryl methyl sites for hydroxylation is 2. The summed E-state index contributed by atoms with van der Waals surface area (Å²) in [7, 11) is 0. The SMILES string of the molecule is O=C(CCSc1ncnc2sc3c(c12)CCC3)Nc1ccc(O)cc1. The molecule has 0 radical (unpaired) electrons. The highest BCUT2D eigenvalue weighted by molar-refractivity contribution is 7.99. The molecule has 0 bridgehead atoms. The van der Waals surface area contributed by atoms with Crippen LogP contribution in [0.2, 0.25) is 0 Å². The summed E-state index contributed by atoms with van der Waals surface area (Å²) in [6, 6.07) is 6.48. The predicted octanol–water partition coefficient (Wildman–Crippen LogP) is 4.01. The highest BCUT2D eigenvalue weighted by atomic mass is 32.2. The summed E-state index contributed by atoms with van der Waals surface area (Å²) in [6.07, 6.45) is 5.49. The first-order chi connectivity index (χ1) is 12.2. The molecule has 1 aromatic carbocycles. The Bertz CT molecular complexity index is 922. The van der Waals surface area contributed by atoms with Gasteiger partial charge in [-0.15, -0.1) is 23.1 Å². The third-order valence-electron chi connectivity index (χ3n) is 4.19. The third kappa shape index (κ3) is 3.48. The zero-order chi connectivity index (χ0) is 17.2. The molecule has 128 valence electrons. The van der Waals surface area contributed by atoms with Crippen LogP contribution in [-0.4, -0.2) is 26.7 Å². The van der Waals surface area contributed by atoms with E-state index in [0.717, 1.165) is 22.7 Å². The third-order valence-corrected chi connectivity index (χ3v) is 6.38. The van der Waals surface area contributed by atoms with Gasteiger partial charge >= 0.3 is 0 Å². The lowest BCUT2D eigenvalue weighted by Crippen LogP contribution is -2.12. The van der Waals surface area contributed by atoms with Crippen LogP contribution < -0.4 is 5.32 Å². The molecule has 0 saturated heterocycles. The summed E-state index contributed by atoms with van der Waals surface area (Å²) >= 11 is 3.40. The van der Waals surface area contributed by atoms with E-state index in [0.29, 0.717) is 17.9 Å². The fourth-order valence-corrected chi connectivity index (χ4v) is 5.28. The van der Waals surface area contributed by atoms with Crippen LogP contribution >= 0.6 is 23.1 Å². The summed E-state index contributed by atoms with van der Waals surface area (Å²) in [6.45, 7) is 0. The maximum atomic E-state index is 12.1. The Morgan fingerprint density at radius 3 is 2.92 bits per heavy atom. The van der Waals surface area contributed by atoms with Crippen LogP contribution in [0.4, 0.5) is 5.69 Å². The van der Waals surface area contributed by atoms with E-state index < -0.39 is 0 Å². The Hall–Kier alpha value is -2.12. The lowest BCUT2D eigenvalue weighted by Gasteiger charge is -2.06. The van der Waals surface area contributed by atoms with E-state index in [1.807, 2.05) is 0 Å². The quantitative estimate of drug-likeness (QED) is 0.403. The standard InChI is InChI=1S/C18H17N3O2S2/c22-12-6-4-11(5-7-12)21-15(23)8-9-24-17-16-13-2-1-3-14(13)25-18(16)20-10-19-17/h4-7,10,22H,1-3,8-9H2,(H,21,23). The summed E-state index contributed by atoms with van der Waals surface area (Å²) in [5.74, 6) is 0.810. The molecular weight excluding hydrogens is 354 g/mol. The second-order valence-corrected chi connectivity index (χ2v) is 8.08. The molecule has 1 amide bonds. The number of carbonyl (C=O) groups is 1. The molecule has 2 aromatic heterocycles.